The highest BCUT2D eigenvalue weighted by Crippen LogP contribution is 2.28. The Balaban J connectivity index is 1.56. The summed E-state index contributed by atoms with van der Waals surface area (Å²) in [6.45, 7) is 0.974. The number of benzene rings is 2. The second-order valence-corrected chi connectivity index (χ2v) is 7.34. The van der Waals surface area contributed by atoms with E-state index >= 15 is 0 Å². The molecule has 0 unspecified atom stereocenters. The van der Waals surface area contributed by atoms with Crippen LogP contribution in [0.4, 0.5) is 5.69 Å². The highest BCUT2D eigenvalue weighted by Gasteiger charge is 2.25. The number of carbonyl (C=O) groups excluding carboxylic acids is 1. The Morgan fingerprint density at radius 1 is 1.27 bits per heavy atom. The van der Waals surface area contributed by atoms with Gasteiger partial charge >= 0.3 is 0 Å². The number of nitriles is 1. The Labute approximate surface area is 177 Å². The van der Waals surface area contributed by atoms with Crippen LogP contribution in [0.25, 0.3) is 6.08 Å². The summed E-state index contributed by atoms with van der Waals surface area (Å²) in [7, 11) is 3.70. The van der Waals surface area contributed by atoms with E-state index in [0.717, 1.165) is 30.3 Å². The van der Waals surface area contributed by atoms with Gasteiger partial charge in [-0.15, -0.1) is 0 Å². The summed E-state index contributed by atoms with van der Waals surface area (Å²) < 4.78 is 10.6. The van der Waals surface area contributed by atoms with Crippen molar-refractivity contribution in [1.82, 2.24) is 4.90 Å². The van der Waals surface area contributed by atoms with Gasteiger partial charge < -0.3 is 19.7 Å². The van der Waals surface area contributed by atoms with E-state index in [4.69, 9.17) is 14.7 Å². The van der Waals surface area contributed by atoms with E-state index in [1.165, 1.54) is 31.6 Å². The molecule has 6 nitrogen and oxygen atoms in total. The van der Waals surface area contributed by atoms with Crippen molar-refractivity contribution >= 4 is 17.7 Å². The van der Waals surface area contributed by atoms with Crippen molar-refractivity contribution in [3.8, 4) is 17.6 Å². The lowest BCUT2D eigenvalue weighted by Crippen LogP contribution is -2.23. The van der Waals surface area contributed by atoms with E-state index in [-0.39, 0.29) is 12.5 Å². The average Bonchev–Trinajstić information content (AvgIpc) is 3.60. The van der Waals surface area contributed by atoms with Gasteiger partial charge in [0.15, 0.2) is 18.1 Å². The fraction of sp³-hybridized carbons (Fsp3) is 0.333. The number of methoxy groups -OCH3 is 1. The smallest absolute Gasteiger partial charge is 0.248 e. The van der Waals surface area contributed by atoms with E-state index in [0.29, 0.717) is 11.5 Å². The zero-order chi connectivity index (χ0) is 21.3. The molecule has 1 aliphatic carbocycles. The Morgan fingerprint density at radius 3 is 2.83 bits per heavy atom. The number of ether oxygens (including phenoxy) is 2. The summed E-state index contributed by atoms with van der Waals surface area (Å²) in [5.74, 6) is 0.799. The van der Waals surface area contributed by atoms with Crippen LogP contribution >= 0.6 is 0 Å². The lowest BCUT2D eigenvalue weighted by Gasteiger charge is -2.15. The Morgan fingerprint density at radius 2 is 2.10 bits per heavy atom. The van der Waals surface area contributed by atoms with Crippen molar-refractivity contribution < 1.29 is 14.3 Å². The van der Waals surface area contributed by atoms with E-state index < -0.39 is 0 Å². The van der Waals surface area contributed by atoms with E-state index in [9.17, 15) is 4.79 Å². The fourth-order valence-corrected chi connectivity index (χ4v) is 3.18. The first kappa shape index (κ1) is 21.4. The number of hydrogen-bond donors (Lipinski definition) is 1. The topological polar surface area (TPSA) is 74.6 Å². The summed E-state index contributed by atoms with van der Waals surface area (Å²) in [5, 5.41) is 11.5. The van der Waals surface area contributed by atoms with Gasteiger partial charge in [-0.3, -0.25) is 4.79 Å². The number of hydrogen-bond acceptors (Lipinski definition) is 5. The van der Waals surface area contributed by atoms with Gasteiger partial charge in [-0.2, -0.15) is 5.26 Å². The number of amides is 1. The molecule has 1 fully saturated rings. The third kappa shape index (κ3) is 6.36. The minimum Gasteiger partial charge on any atom is -0.493 e. The second kappa shape index (κ2) is 10.5. The highest BCUT2D eigenvalue weighted by atomic mass is 16.5. The SMILES string of the molecule is COc1cc(C=CC(=O)Nc2cccc(CCN(C)C3CC3)c2)ccc1OCC#N. The Hall–Kier alpha value is -3.30. The molecule has 0 spiro atoms. The van der Waals surface area contributed by atoms with E-state index in [1.54, 1.807) is 24.3 Å². The molecule has 0 heterocycles. The van der Waals surface area contributed by atoms with Crippen molar-refractivity contribution in [3.05, 3.63) is 59.7 Å². The van der Waals surface area contributed by atoms with Crippen LogP contribution in [0, 0.1) is 11.3 Å². The molecule has 0 aliphatic heterocycles. The monoisotopic (exact) mass is 405 g/mol. The molecule has 2 aromatic carbocycles. The van der Waals surface area contributed by atoms with Gasteiger partial charge in [0.2, 0.25) is 5.91 Å². The van der Waals surface area contributed by atoms with Crippen LogP contribution in [0.2, 0.25) is 0 Å². The van der Waals surface area contributed by atoms with Gasteiger partial charge in [0, 0.05) is 24.4 Å². The molecule has 30 heavy (non-hydrogen) atoms. The van der Waals surface area contributed by atoms with Crippen LogP contribution in [0.1, 0.15) is 24.0 Å². The molecule has 0 radical (unpaired) electrons. The normalized spacial score (nSPS) is 13.3. The average molecular weight is 405 g/mol. The number of carbonyl (C=O) groups is 1. The molecule has 0 aromatic heterocycles. The Bertz CT molecular complexity index is 945. The van der Waals surface area contributed by atoms with Crippen LogP contribution in [-0.4, -0.2) is 44.2 Å². The molecule has 2 aromatic rings. The zero-order valence-electron chi connectivity index (χ0n) is 17.4. The molecule has 156 valence electrons. The number of likely N-dealkylation sites (N-methyl/N-ethyl adjacent to an activating group) is 1. The Kier molecular flexibility index (Phi) is 7.47. The third-order valence-electron chi connectivity index (χ3n) is 5.02. The molecule has 0 atom stereocenters. The van der Waals surface area contributed by atoms with Crippen LogP contribution < -0.4 is 14.8 Å². The van der Waals surface area contributed by atoms with Crippen molar-refractivity contribution in [3.63, 3.8) is 0 Å². The second-order valence-electron chi connectivity index (χ2n) is 7.34. The van der Waals surface area contributed by atoms with E-state index in [1.807, 2.05) is 24.3 Å². The van der Waals surface area contributed by atoms with Crippen LogP contribution in [0.3, 0.4) is 0 Å². The lowest BCUT2D eigenvalue weighted by molar-refractivity contribution is -0.111. The quantitative estimate of drug-likeness (QED) is 0.607. The first-order valence-corrected chi connectivity index (χ1v) is 10.0. The van der Waals surface area contributed by atoms with Gasteiger partial charge in [-0.25, -0.2) is 0 Å². The van der Waals surface area contributed by atoms with Gasteiger partial charge in [-0.05, 0) is 67.8 Å². The number of nitrogens with one attached hydrogen (secondary N) is 1. The zero-order valence-corrected chi connectivity index (χ0v) is 17.4. The highest BCUT2D eigenvalue weighted by molar-refractivity contribution is 6.02. The molecule has 0 bridgehead atoms. The largest absolute Gasteiger partial charge is 0.493 e. The summed E-state index contributed by atoms with van der Waals surface area (Å²) in [5.41, 5.74) is 2.79. The van der Waals surface area contributed by atoms with Gasteiger partial charge in [-0.1, -0.05) is 18.2 Å². The molecular weight excluding hydrogens is 378 g/mol. The molecule has 1 N–H and O–H groups in total. The summed E-state index contributed by atoms with van der Waals surface area (Å²) in [4.78, 5) is 14.7. The van der Waals surface area contributed by atoms with Crippen molar-refractivity contribution in [2.45, 2.75) is 25.3 Å². The number of rotatable bonds is 10. The maximum Gasteiger partial charge on any atom is 0.248 e. The molecule has 1 aliphatic rings. The minimum absolute atomic E-state index is 0.0517. The first-order valence-electron chi connectivity index (χ1n) is 10.0. The molecule has 6 heteroatoms. The molecule has 3 rings (SSSR count). The molecule has 1 saturated carbocycles. The van der Waals surface area contributed by atoms with Crippen molar-refractivity contribution in [2.24, 2.45) is 0 Å². The first-order chi connectivity index (χ1) is 14.6. The third-order valence-corrected chi connectivity index (χ3v) is 5.02. The standard InChI is InChI=1S/C24H27N3O3/c1-27(21-8-9-21)14-12-18-4-3-5-20(16-18)26-24(28)11-7-19-6-10-22(30-15-13-25)23(17-19)29-2/h3-7,10-11,16-17,21H,8-9,12,14-15H2,1-2H3,(H,26,28). The lowest BCUT2D eigenvalue weighted by atomic mass is 10.1. The number of anilines is 1. The van der Waals surface area contributed by atoms with Crippen molar-refractivity contribution in [1.29, 1.82) is 5.26 Å². The predicted molar refractivity (Wildman–Crippen MR) is 118 cm³/mol. The summed E-state index contributed by atoms with van der Waals surface area (Å²) in [6.07, 6.45) is 6.77. The number of nitrogens with zero attached hydrogens (tertiary/aromatic N) is 2. The van der Waals surface area contributed by atoms with Gasteiger partial charge in [0.25, 0.3) is 0 Å². The predicted octanol–water partition coefficient (Wildman–Crippen LogP) is 3.89. The van der Waals surface area contributed by atoms with Crippen LogP contribution in [0.15, 0.2) is 48.5 Å². The molecule has 1 amide bonds. The van der Waals surface area contributed by atoms with Gasteiger partial charge in [0.05, 0.1) is 7.11 Å². The summed E-state index contributed by atoms with van der Waals surface area (Å²) >= 11 is 0. The molecular formula is C24H27N3O3. The van der Waals surface area contributed by atoms with Crippen molar-refractivity contribution in [2.75, 3.05) is 32.6 Å². The maximum absolute atomic E-state index is 12.3. The maximum atomic E-state index is 12.3. The van der Waals surface area contributed by atoms with Gasteiger partial charge in [0.1, 0.15) is 6.07 Å². The fourth-order valence-electron chi connectivity index (χ4n) is 3.18. The van der Waals surface area contributed by atoms with Crippen LogP contribution in [0.5, 0.6) is 11.5 Å². The van der Waals surface area contributed by atoms with E-state index in [2.05, 4.69) is 23.3 Å². The molecule has 0 saturated heterocycles. The van der Waals surface area contributed by atoms with Crippen LogP contribution in [-0.2, 0) is 11.2 Å². The summed E-state index contributed by atoms with van der Waals surface area (Å²) in [6, 6.07) is 15.9. The minimum atomic E-state index is -0.203.